The zero-order valence-corrected chi connectivity index (χ0v) is 6.76. The van der Waals surface area contributed by atoms with Gasteiger partial charge in [0.2, 0.25) is 0 Å². The zero-order valence-electron chi connectivity index (χ0n) is 4.76. The molecule has 0 aliphatic heterocycles. The Morgan fingerprint density at radius 2 is 2.12 bits per heavy atom. The fourth-order valence-corrected chi connectivity index (χ4v) is 0.147. The van der Waals surface area contributed by atoms with Crippen molar-refractivity contribution in [3.8, 4) is 0 Å². The van der Waals surface area contributed by atoms with E-state index in [2.05, 4.69) is 6.58 Å². The van der Waals surface area contributed by atoms with Gasteiger partial charge in [-0.25, -0.2) is 0 Å². The molecule has 0 fully saturated rings. The van der Waals surface area contributed by atoms with E-state index >= 15 is 0 Å². The first-order valence-electron chi connectivity index (χ1n) is 1.77. The van der Waals surface area contributed by atoms with Crippen LogP contribution < -0.4 is 34.7 Å². The van der Waals surface area contributed by atoms with Crippen LogP contribution in [0.4, 0.5) is 0 Å². The van der Waals surface area contributed by atoms with Crippen molar-refractivity contribution in [2.24, 2.45) is 0 Å². The van der Waals surface area contributed by atoms with Gasteiger partial charge in [0, 0.05) is 0 Å². The smallest absolute Gasteiger partial charge is 0.545 e. The van der Waals surface area contributed by atoms with Gasteiger partial charge in [-0.05, 0) is 6.08 Å². The van der Waals surface area contributed by atoms with E-state index in [9.17, 15) is 9.90 Å². The van der Waals surface area contributed by atoms with Crippen LogP contribution in [0.3, 0.4) is 0 Å². The van der Waals surface area contributed by atoms with Crippen LogP contribution in [0.25, 0.3) is 0 Å². The van der Waals surface area contributed by atoms with Gasteiger partial charge in [0.15, 0.2) is 0 Å². The maximum absolute atomic E-state index is 9.51. The molecule has 0 aromatic carbocycles. The summed E-state index contributed by atoms with van der Waals surface area (Å²) in [6, 6.07) is 0. The molecule has 0 bridgehead atoms. The van der Waals surface area contributed by atoms with Crippen molar-refractivity contribution in [3.63, 3.8) is 0 Å². The maximum atomic E-state index is 9.51. The third-order valence-corrected chi connectivity index (χ3v) is 0.368. The summed E-state index contributed by atoms with van der Waals surface area (Å²) in [7, 11) is 0. The number of rotatable bonds is 2. The van der Waals surface area contributed by atoms with Crippen molar-refractivity contribution in [1.29, 1.82) is 0 Å². The van der Waals surface area contributed by atoms with E-state index in [1.807, 2.05) is 0 Å². The van der Waals surface area contributed by atoms with E-state index in [0.29, 0.717) is 0 Å². The van der Waals surface area contributed by atoms with Crippen molar-refractivity contribution >= 4 is 5.97 Å². The Balaban J connectivity index is 0. The first-order valence-corrected chi connectivity index (χ1v) is 1.77. The molecule has 0 aliphatic carbocycles. The van der Waals surface area contributed by atoms with Crippen LogP contribution in [0.1, 0.15) is 0 Å². The molecule has 0 radical (unpaired) electrons. The minimum atomic E-state index is -1.19. The van der Waals surface area contributed by atoms with Crippen LogP contribution in [0, 0.1) is 0 Å². The van der Waals surface area contributed by atoms with Gasteiger partial charge < -0.3 is 9.90 Å². The van der Waals surface area contributed by atoms with E-state index < -0.39 is 5.97 Å². The standard InChI is InChI=1S/C5H6O2.Na/c1-2-3-4-5(6)7;/h2-4H,1H2,(H,6,7);/q;+1/p-1. The molecule has 2 nitrogen and oxygen atoms in total. The van der Waals surface area contributed by atoms with Gasteiger partial charge in [-0.15, -0.1) is 0 Å². The van der Waals surface area contributed by atoms with Crippen LogP contribution in [0.5, 0.6) is 0 Å². The predicted octanol–water partition coefficient (Wildman–Crippen LogP) is -3.52. The van der Waals surface area contributed by atoms with Gasteiger partial charge in [0.1, 0.15) is 0 Å². The van der Waals surface area contributed by atoms with Gasteiger partial charge >= 0.3 is 29.6 Å². The quantitative estimate of drug-likeness (QED) is 0.215. The molecule has 0 saturated heterocycles. The number of hydrogen-bond donors (Lipinski definition) is 0. The monoisotopic (exact) mass is 120 g/mol. The molecule has 0 aromatic rings. The van der Waals surface area contributed by atoms with Crippen molar-refractivity contribution < 1.29 is 39.5 Å². The Morgan fingerprint density at radius 1 is 1.62 bits per heavy atom. The fraction of sp³-hybridized carbons (Fsp3) is 0. The largest absolute Gasteiger partial charge is 1.00 e. The number of carboxylic acid groups (broad SMARTS) is 1. The van der Waals surface area contributed by atoms with Gasteiger partial charge in [-0.1, -0.05) is 18.7 Å². The van der Waals surface area contributed by atoms with Crippen molar-refractivity contribution in [2.75, 3.05) is 0 Å². The molecule has 0 N–H and O–H groups in total. The van der Waals surface area contributed by atoms with Crippen LogP contribution in [0.15, 0.2) is 24.8 Å². The van der Waals surface area contributed by atoms with E-state index in [4.69, 9.17) is 0 Å². The number of carboxylic acids is 1. The second-order valence-corrected chi connectivity index (χ2v) is 0.914. The second kappa shape index (κ2) is 6.95. The number of aliphatic carboxylic acids is 1. The summed E-state index contributed by atoms with van der Waals surface area (Å²) in [4.78, 5) is 9.51. The molecular weight excluding hydrogens is 115 g/mol. The first kappa shape index (κ1) is 10.8. The van der Waals surface area contributed by atoms with Gasteiger partial charge in [-0.3, -0.25) is 0 Å². The first-order chi connectivity index (χ1) is 3.27. The molecular formula is C5H5NaO2. The van der Waals surface area contributed by atoms with E-state index in [1.54, 1.807) is 0 Å². The molecule has 0 spiro atoms. The van der Waals surface area contributed by atoms with Crippen LogP contribution >= 0.6 is 0 Å². The average Bonchev–Trinajstić information content (AvgIpc) is 1.61. The van der Waals surface area contributed by atoms with Gasteiger partial charge in [0.05, 0.1) is 5.97 Å². The minimum absolute atomic E-state index is 0. The topological polar surface area (TPSA) is 40.1 Å². The molecule has 0 atom stereocenters. The van der Waals surface area contributed by atoms with Crippen LogP contribution in [-0.2, 0) is 4.79 Å². The third-order valence-electron chi connectivity index (χ3n) is 0.368. The molecule has 0 unspecified atom stereocenters. The Morgan fingerprint density at radius 3 is 2.25 bits per heavy atom. The third kappa shape index (κ3) is 9.34. The number of allylic oxidation sites excluding steroid dienone is 2. The van der Waals surface area contributed by atoms with Crippen molar-refractivity contribution in [3.05, 3.63) is 24.8 Å². The summed E-state index contributed by atoms with van der Waals surface area (Å²) in [5, 5.41) is 9.51. The number of carbonyl (C=O) groups excluding carboxylic acids is 1. The Labute approximate surface area is 70.2 Å². The maximum Gasteiger partial charge on any atom is 1.00 e. The van der Waals surface area contributed by atoms with Gasteiger partial charge in [0.25, 0.3) is 0 Å². The molecule has 0 heterocycles. The van der Waals surface area contributed by atoms with E-state index in [1.165, 1.54) is 12.2 Å². The Hall–Kier alpha value is -0.0500. The van der Waals surface area contributed by atoms with Gasteiger partial charge in [-0.2, -0.15) is 0 Å². The molecule has 0 aromatic heterocycles. The fourth-order valence-electron chi connectivity index (χ4n) is 0.147. The molecule has 8 heavy (non-hydrogen) atoms. The van der Waals surface area contributed by atoms with Crippen LogP contribution in [0.2, 0.25) is 0 Å². The predicted molar refractivity (Wildman–Crippen MR) is 24.3 cm³/mol. The van der Waals surface area contributed by atoms with Crippen LogP contribution in [-0.4, -0.2) is 5.97 Å². The summed E-state index contributed by atoms with van der Waals surface area (Å²) in [6.45, 7) is 3.25. The van der Waals surface area contributed by atoms with E-state index in [0.717, 1.165) is 6.08 Å². The molecule has 0 amide bonds. The van der Waals surface area contributed by atoms with E-state index in [-0.39, 0.29) is 29.6 Å². The molecule has 0 saturated carbocycles. The molecule has 0 rings (SSSR count). The summed E-state index contributed by atoms with van der Waals surface area (Å²) in [6.07, 6.45) is 3.58. The molecule has 38 valence electrons. The number of hydrogen-bond acceptors (Lipinski definition) is 2. The average molecular weight is 120 g/mol. The Bertz CT molecular complexity index is 107. The summed E-state index contributed by atoms with van der Waals surface area (Å²) < 4.78 is 0. The summed E-state index contributed by atoms with van der Waals surface area (Å²) in [5.74, 6) is -1.19. The van der Waals surface area contributed by atoms with Crippen molar-refractivity contribution in [1.82, 2.24) is 0 Å². The summed E-state index contributed by atoms with van der Waals surface area (Å²) in [5.41, 5.74) is 0. The normalized spacial score (nSPS) is 8.00. The number of carbonyl (C=O) groups is 1. The Kier molecular flexibility index (Phi) is 9.42. The molecule has 0 aliphatic rings. The van der Waals surface area contributed by atoms with Crippen molar-refractivity contribution in [2.45, 2.75) is 0 Å². The minimum Gasteiger partial charge on any atom is -0.545 e. The molecule has 3 heteroatoms. The summed E-state index contributed by atoms with van der Waals surface area (Å²) >= 11 is 0. The second-order valence-electron chi connectivity index (χ2n) is 0.914. The zero-order chi connectivity index (χ0) is 5.70. The SMILES string of the molecule is C=CC=CC(=O)[O-].[Na+].